The van der Waals surface area contributed by atoms with Crippen molar-refractivity contribution in [3.05, 3.63) is 0 Å². The van der Waals surface area contributed by atoms with Gasteiger partial charge in [0.2, 0.25) is 0 Å². The van der Waals surface area contributed by atoms with Crippen molar-refractivity contribution in [2.45, 2.75) is 18.6 Å². The number of aliphatic carboxylic acids is 2. The number of hydrogen-bond donors (Lipinski definition) is 4. The maximum absolute atomic E-state index is 10.9. The molecule has 4 N–H and O–H groups in total. The lowest BCUT2D eigenvalue weighted by molar-refractivity contribution is -0.164. The minimum atomic E-state index is -1.21. The molecule has 2 saturated carbocycles. The van der Waals surface area contributed by atoms with Gasteiger partial charge in [0.1, 0.15) is 0 Å². The van der Waals surface area contributed by atoms with Crippen molar-refractivity contribution in [3.8, 4) is 0 Å². The lowest BCUT2D eigenvalue weighted by Crippen LogP contribution is -2.47. The van der Waals surface area contributed by atoms with Crippen LogP contribution >= 0.6 is 0 Å². The average molecular weight is 216 g/mol. The zero-order valence-corrected chi connectivity index (χ0v) is 7.78. The van der Waals surface area contributed by atoms with Gasteiger partial charge >= 0.3 is 11.9 Å². The second kappa shape index (κ2) is 3.18. The molecule has 2 fully saturated rings. The monoisotopic (exact) mass is 216 g/mol. The van der Waals surface area contributed by atoms with Crippen LogP contribution < -0.4 is 0 Å². The summed E-state index contributed by atoms with van der Waals surface area (Å²) >= 11 is 0. The summed E-state index contributed by atoms with van der Waals surface area (Å²) in [7, 11) is 0. The highest BCUT2D eigenvalue weighted by Crippen LogP contribution is 2.52. The molecule has 2 aliphatic rings. The second-order valence-electron chi connectivity index (χ2n) is 4.27. The van der Waals surface area contributed by atoms with Crippen molar-refractivity contribution in [3.63, 3.8) is 0 Å². The van der Waals surface area contributed by atoms with Crippen LogP contribution in [0.5, 0.6) is 0 Å². The number of rotatable bonds is 2. The van der Waals surface area contributed by atoms with Crippen LogP contribution in [0.4, 0.5) is 0 Å². The summed E-state index contributed by atoms with van der Waals surface area (Å²) in [6, 6.07) is 0. The predicted molar refractivity (Wildman–Crippen MR) is 45.9 cm³/mol. The van der Waals surface area contributed by atoms with Crippen molar-refractivity contribution in [2.75, 3.05) is 0 Å². The molecule has 0 aromatic rings. The summed E-state index contributed by atoms with van der Waals surface area (Å²) in [5.74, 6) is -5.84. The van der Waals surface area contributed by atoms with Crippen molar-refractivity contribution < 1.29 is 30.0 Å². The molecule has 0 aromatic carbocycles. The number of aliphatic hydroxyl groups is 2. The molecular formula is C9H12O6. The highest BCUT2D eigenvalue weighted by Gasteiger charge is 2.62. The van der Waals surface area contributed by atoms with E-state index >= 15 is 0 Å². The Bertz CT molecular complexity index is 284. The molecule has 0 saturated heterocycles. The topological polar surface area (TPSA) is 115 Å². The van der Waals surface area contributed by atoms with Crippen LogP contribution in [0.3, 0.4) is 0 Å². The largest absolute Gasteiger partial charge is 0.481 e. The van der Waals surface area contributed by atoms with E-state index in [1.807, 2.05) is 0 Å². The van der Waals surface area contributed by atoms with Gasteiger partial charge in [-0.2, -0.15) is 0 Å². The summed E-state index contributed by atoms with van der Waals surface area (Å²) in [6.45, 7) is 0. The molecule has 0 aromatic heterocycles. The van der Waals surface area contributed by atoms with Crippen LogP contribution in [0.25, 0.3) is 0 Å². The smallest absolute Gasteiger partial charge is 0.307 e. The number of carboxylic acid groups (broad SMARTS) is 2. The molecule has 0 amide bonds. The van der Waals surface area contributed by atoms with Crippen LogP contribution in [0.15, 0.2) is 0 Å². The van der Waals surface area contributed by atoms with E-state index in [0.717, 1.165) is 0 Å². The molecule has 0 radical (unpaired) electrons. The molecule has 84 valence electrons. The molecule has 15 heavy (non-hydrogen) atoms. The number of carbonyl (C=O) groups is 2. The Morgan fingerprint density at radius 2 is 1.20 bits per heavy atom. The minimum Gasteiger partial charge on any atom is -0.481 e. The first-order valence-electron chi connectivity index (χ1n) is 4.77. The molecule has 6 atom stereocenters. The third-order valence-corrected chi connectivity index (χ3v) is 3.65. The van der Waals surface area contributed by atoms with Crippen molar-refractivity contribution in [2.24, 2.45) is 23.7 Å². The molecule has 2 aliphatic carbocycles. The van der Waals surface area contributed by atoms with Crippen LogP contribution in [0.2, 0.25) is 0 Å². The molecule has 0 aliphatic heterocycles. The molecule has 2 bridgehead atoms. The van der Waals surface area contributed by atoms with E-state index in [2.05, 4.69) is 0 Å². The first kappa shape index (κ1) is 10.4. The first-order valence-corrected chi connectivity index (χ1v) is 4.77. The third-order valence-electron chi connectivity index (χ3n) is 3.65. The highest BCUT2D eigenvalue weighted by molar-refractivity contribution is 5.82. The minimum absolute atomic E-state index is 0.274. The Balaban J connectivity index is 2.32. The molecule has 2 rings (SSSR count). The summed E-state index contributed by atoms with van der Waals surface area (Å²) in [6.07, 6.45) is -1.94. The van der Waals surface area contributed by atoms with Gasteiger partial charge in [0.05, 0.1) is 24.0 Å². The normalized spacial score (nSPS) is 48.1. The van der Waals surface area contributed by atoms with Gasteiger partial charge in [0.25, 0.3) is 0 Å². The summed E-state index contributed by atoms with van der Waals surface area (Å²) in [4.78, 5) is 21.8. The summed E-state index contributed by atoms with van der Waals surface area (Å²) < 4.78 is 0. The highest BCUT2D eigenvalue weighted by atomic mass is 16.4. The Hall–Kier alpha value is -1.14. The first-order chi connectivity index (χ1) is 6.95. The Kier molecular flexibility index (Phi) is 2.20. The predicted octanol–water partition coefficient (Wildman–Crippen LogP) is -1.24. The van der Waals surface area contributed by atoms with Crippen molar-refractivity contribution in [1.82, 2.24) is 0 Å². The Labute approximate surface area is 85.1 Å². The second-order valence-corrected chi connectivity index (χ2v) is 4.27. The van der Waals surface area contributed by atoms with Crippen LogP contribution in [-0.4, -0.2) is 44.6 Å². The van der Waals surface area contributed by atoms with Crippen LogP contribution in [0.1, 0.15) is 6.42 Å². The summed E-state index contributed by atoms with van der Waals surface area (Å²) in [5, 5.41) is 36.8. The number of carboxylic acids is 2. The fraction of sp³-hybridized carbons (Fsp3) is 0.778. The van der Waals surface area contributed by atoms with E-state index in [1.165, 1.54) is 0 Å². The SMILES string of the molecule is O=C(O)[C@@H]1[C@@H]2C[C@@H]([C@H](O)[C@H]2O)[C@@H]1C(=O)O. The maximum atomic E-state index is 10.9. The van der Waals surface area contributed by atoms with E-state index in [-0.39, 0.29) is 6.42 Å². The van der Waals surface area contributed by atoms with Gasteiger partial charge in [-0.25, -0.2) is 0 Å². The molecular weight excluding hydrogens is 204 g/mol. The lowest BCUT2D eigenvalue weighted by Gasteiger charge is -2.31. The fourth-order valence-electron chi connectivity index (χ4n) is 3.02. The Morgan fingerprint density at radius 1 is 0.867 bits per heavy atom. The van der Waals surface area contributed by atoms with E-state index in [1.54, 1.807) is 0 Å². The number of aliphatic hydroxyl groups excluding tert-OH is 2. The molecule has 6 nitrogen and oxygen atoms in total. The molecule has 0 heterocycles. The van der Waals surface area contributed by atoms with Gasteiger partial charge in [0.15, 0.2) is 0 Å². The zero-order valence-electron chi connectivity index (χ0n) is 7.78. The van der Waals surface area contributed by atoms with Gasteiger partial charge in [-0.05, 0) is 6.42 Å². The quantitative estimate of drug-likeness (QED) is 0.459. The van der Waals surface area contributed by atoms with E-state index in [9.17, 15) is 19.8 Å². The van der Waals surface area contributed by atoms with Gasteiger partial charge < -0.3 is 20.4 Å². The molecule has 0 unspecified atom stereocenters. The van der Waals surface area contributed by atoms with Crippen molar-refractivity contribution >= 4 is 11.9 Å². The standard InChI is InChI=1S/C9H12O6/c10-6-2-1-3(7(6)11)5(9(14)15)4(2)8(12)13/h2-7,10-11H,1H2,(H,12,13)(H,14,15)/t2-,3+,4+,5-,6-,7-/m0/s1. The Morgan fingerprint density at radius 3 is 1.47 bits per heavy atom. The van der Waals surface area contributed by atoms with Gasteiger partial charge in [-0.1, -0.05) is 0 Å². The van der Waals surface area contributed by atoms with E-state index < -0.39 is 47.8 Å². The third kappa shape index (κ3) is 1.25. The zero-order chi connectivity index (χ0) is 11.3. The average Bonchev–Trinajstić information content (AvgIpc) is 2.64. The lowest BCUT2D eigenvalue weighted by atomic mass is 9.76. The van der Waals surface area contributed by atoms with Crippen LogP contribution in [0, 0.1) is 23.7 Å². The van der Waals surface area contributed by atoms with Crippen LogP contribution in [-0.2, 0) is 9.59 Å². The van der Waals surface area contributed by atoms with E-state index in [0.29, 0.717) is 0 Å². The van der Waals surface area contributed by atoms with Gasteiger partial charge in [-0.15, -0.1) is 0 Å². The fourth-order valence-corrected chi connectivity index (χ4v) is 3.02. The van der Waals surface area contributed by atoms with Gasteiger partial charge in [0, 0.05) is 11.8 Å². The molecule has 0 spiro atoms. The summed E-state index contributed by atoms with van der Waals surface area (Å²) in [5.41, 5.74) is 0. The number of hydrogen-bond acceptors (Lipinski definition) is 4. The van der Waals surface area contributed by atoms with E-state index in [4.69, 9.17) is 10.2 Å². The van der Waals surface area contributed by atoms with Gasteiger partial charge in [-0.3, -0.25) is 9.59 Å². The maximum Gasteiger partial charge on any atom is 0.307 e. The number of fused-ring (bicyclic) bond motifs is 2. The molecule has 6 heteroatoms. The van der Waals surface area contributed by atoms with Crippen molar-refractivity contribution in [1.29, 1.82) is 0 Å².